The number of amides is 1. The number of halogens is 1. The van der Waals surface area contributed by atoms with Crippen LogP contribution in [0.4, 0.5) is 16.2 Å². The number of hydrogen-bond acceptors (Lipinski definition) is 4. The van der Waals surface area contributed by atoms with E-state index in [-0.39, 0.29) is 16.4 Å². The summed E-state index contributed by atoms with van der Waals surface area (Å²) >= 11 is 5.81. The van der Waals surface area contributed by atoms with E-state index in [1.807, 2.05) is 0 Å². The highest BCUT2D eigenvalue weighted by atomic mass is 35.5. The molecule has 1 aromatic carbocycles. The lowest BCUT2D eigenvalue weighted by atomic mass is 10.2. The number of nitrogens with one attached hydrogen (secondary N) is 1. The van der Waals surface area contributed by atoms with Crippen molar-refractivity contribution in [3.8, 4) is 0 Å². The Hall–Kier alpha value is -1.82. The molecule has 1 N–H and O–H groups in total. The van der Waals surface area contributed by atoms with Crippen molar-refractivity contribution in [1.82, 2.24) is 0 Å². The zero-order valence-corrected chi connectivity index (χ0v) is 10.9. The number of anilines is 1. The molecule has 0 unspecified atom stereocenters. The molecular formula is C11H13ClN2O4. The zero-order valence-electron chi connectivity index (χ0n) is 10.2. The molecule has 0 aliphatic carbocycles. The summed E-state index contributed by atoms with van der Waals surface area (Å²) in [5.74, 6) is 0. The summed E-state index contributed by atoms with van der Waals surface area (Å²) in [6.07, 6.45) is -0.668. The molecule has 1 rings (SSSR count). The minimum Gasteiger partial charge on any atom is -0.444 e. The summed E-state index contributed by atoms with van der Waals surface area (Å²) in [7, 11) is 0. The van der Waals surface area contributed by atoms with Crippen molar-refractivity contribution >= 4 is 29.1 Å². The second kappa shape index (κ2) is 5.22. The molecule has 6 nitrogen and oxygen atoms in total. The number of hydrogen-bond donors (Lipinski definition) is 1. The first-order chi connectivity index (χ1) is 8.19. The topological polar surface area (TPSA) is 81.5 Å². The number of nitrogens with zero attached hydrogens (tertiary/aromatic N) is 1. The Balaban J connectivity index is 2.80. The van der Waals surface area contributed by atoms with Crippen LogP contribution in [0.5, 0.6) is 0 Å². The van der Waals surface area contributed by atoms with Crippen molar-refractivity contribution in [3.63, 3.8) is 0 Å². The van der Waals surface area contributed by atoms with Crippen LogP contribution in [0.2, 0.25) is 5.02 Å². The molecule has 98 valence electrons. The highest BCUT2D eigenvalue weighted by molar-refractivity contribution is 6.33. The lowest BCUT2D eigenvalue weighted by Crippen LogP contribution is -2.27. The Bertz CT molecular complexity index is 482. The number of ether oxygens (including phenoxy) is 1. The lowest BCUT2D eigenvalue weighted by molar-refractivity contribution is -0.384. The molecule has 0 saturated heterocycles. The number of carbonyl (C=O) groups excluding carboxylic acids is 1. The largest absolute Gasteiger partial charge is 0.444 e. The van der Waals surface area contributed by atoms with E-state index < -0.39 is 16.6 Å². The average molecular weight is 273 g/mol. The Morgan fingerprint density at radius 3 is 2.50 bits per heavy atom. The third kappa shape index (κ3) is 4.21. The van der Waals surface area contributed by atoms with E-state index in [1.165, 1.54) is 12.1 Å². The maximum atomic E-state index is 11.5. The quantitative estimate of drug-likeness (QED) is 0.659. The summed E-state index contributed by atoms with van der Waals surface area (Å²) in [5, 5.41) is 13.0. The third-order valence-electron chi connectivity index (χ3n) is 1.80. The van der Waals surface area contributed by atoms with Crippen molar-refractivity contribution in [2.75, 3.05) is 5.32 Å². The van der Waals surface area contributed by atoms with Crippen LogP contribution in [0.15, 0.2) is 18.2 Å². The van der Waals surface area contributed by atoms with Crippen LogP contribution in [0.3, 0.4) is 0 Å². The standard InChI is InChI=1S/C11H13ClN2O4/c1-11(2,3)18-10(15)13-9-5-4-7(14(16)17)6-8(9)12/h4-6H,1-3H3,(H,13,15). The molecule has 0 bridgehead atoms. The van der Waals surface area contributed by atoms with E-state index >= 15 is 0 Å². The maximum Gasteiger partial charge on any atom is 0.412 e. The van der Waals surface area contributed by atoms with Gasteiger partial charge in [-0.1, -0.05) is 11.6 Å². The fourth-order valence-electron chi connectivity index (χ4n) is 1.13. The van der Waals surface area contributed by atoms with Gasteiger partial charge in [-0.25, -0.2) is 4.79 Å². The van der Waals surface area contributed by atoms with Gasteiger partial charge in [0.25, 0.3) is 5.69 Å². The first kappa shape index (κ1) is 14.2. The minimum atomic E-state index is -0.668. The molecule has 0 saturated carbocycles. The van der Waals surface area contributed by atoms with Gasteiger partial charge in [0.1, 0.15) is 5.60 Å². The number of non-ortho nitro benzene ring substituents is 1. The van der Waals surface area contributed by atoms with Crippen molar-refractivity contribution in [2.24, 2.45) is 0 Å². The number of carbonyl (C=O) groups is 1. The summed E-state index contributed by atoms with van der Waals surface area (Å²) < 4.78 is 5.03. The molecule has 0 heterocycles. The van der Waals surface area contributed by atoms with Crippen molar-refractivity contribution in [2.45, 2.75) is 26.4 Å². The number of rotatable bonds is 2. The first-order valence-electron chi connectivity index (χ1n) is 5.13. The zero-order chi connectivity index (χ0) is 13.9. The second-order valence-electron chi connectivity index (χ2n) is 4.55. The Morgan fingerprint density at radius 2 is 2.06 bits per heavy atom. The first-order valence-corrected chi connectivity index (χ1v) is 5.51. The second-order valence-corrected chi connectivity index (χ2v) is 4.96. The van der Waals surface area contributed by atoms with Crippen LogP contribution in [0.1, 0.15) is 20.8 Å². The molecule has 0 aliphatic heterocycles. The van der Waals surface area contributed by atoms with E-state index in [0.29, 0.717) is 0 Å². The van der Waals surface area contributed by atoms with Gasteiger partial charge >= 0.3 is 6.09 Å². The molecule has 1 amide bonds. The summed E-state index contributed by atoms with van der Waals surface area (Å²) in [4.78, 5) is 21.4. The highest BCUT2D eigenvalue weighted by Gasteiger charge is 2.17. The van der Waals surface area contributed by atoms with E-state index in [9.17, 15) is 14.9 Å². The molecule has 7 heteroatoms. The van der Waals surface area contributed by atoms with Crippen molar-refractivity contribution in [3.05, 3.63) is 33.3 Å². The fraction of sp³-hybridized carbons (Fsp3) is 0.364. The van der Waals surface area contributed by atoms with Gasteiger partial charge in [-0.3, -0.25) is 15.4 Å². The molecule has 0 atom stereocenters. The van der Waals surface area contributed by atoms with E-state index in [2.05, 4.69) is 5.32 Å². The van der Waals surface area contributed by atoms with Crippen LogP contribution in [-0.2, 0) is 4.74 Å². The van der Waals surface area contributed by atoms with Gasteiger partial charge in [0.05, 0.1) is 15.6 Å². The van der Waals surface area contributed by atoms with E-state index in [1.54, 1.807) is 20.8 Å². The summed E-state index contributed by atoms with van der Waals surface area (Å²) in [6, 6.07) is 3.76. The molecule has 0 radical (unpaired) electrons. The molecular weight excluding hydrogens is 260 g/mol. The number of nitro groups is 1. The summed E-state index contributed by atoms with van der Waals surface area (Å²) in [6.45, 7) is 5.18. The Kier molecular flexibility index (Phi) is 4.13. The highest BCUT2D eigenvalue weighted by Crippen LogP contribution is 2.27. The van der Waals surface area contributed by atoms with Gasteiger partial charge < -0.3 is 4.74 Å². The molecule has 18 heavy (non-hydrogen) atoms. The molecule has 0 aromatic heterocycles. The molecule has 0 aliphatic rings. The summed E-state index contributed by atoms with van der Waals surface area (Å²) in [5.41, 5.74) is -0.511. The Labute approximate surface area is 109 Å². The van der Waals surface area contributed by atoms with Gasteiger partial charge in [0, 0.05) is 12.1 Å². The van der Waals surface area contributed by atoms with Gasteiger partial charge in [0.2, 0.25) is 0 Å². The van der Waals surface area contributed by atoms with Gasteiger partial charge in [-0.2, -0.15) is 0 Å². The van der Waals surface area contributed by atoms with Crippen LogP contribution >= 0.6 is 11.6 Å². The molecule has 0 spiro atoms. The maximum absolute atomic E-state index is 11.5. The smallest absolute Gasteiger partial charge is 0.412 e. The number of nitro benzene ring substituents is 1. The molecule has 0 fully saturated rings. The third-order valence-corrected chi connectivity index (χ3v) is 2.11. The van der Waals surface area contributed by atoms with E-state index in [4.69, 9.17) is 16.3 Å². The Morgan fingerprint density at radius 1 is 1.44 bits per heavy atom. The van der Waals surface area contributed by atoms with Crippen LogP contribution in [0.25, 0.3) is 0 Å². The van der Waals surface area contributed by atoms with Gasteiger partial charge in [-0.15, -0.1) is 0 Å². The van der Waals surface area contributed by atoms with Crippen LogP contribution < -0.4 is 5.32 Å². The number of benzene rings is 1. The van der Waals surface area contributed by atoms with Crippen molar-refractivity contribution in [1.29, 1.82) is 0 Å². The van der Waals surface area contributed by atoms with Gasteiger partial charge in [-0.05, 0) is 26.8 Å². The van der Waals surface area contributed by atoms with E-state index in [0.717, 1.165) is 6.07 Å². The monoisotopic (exact) mass is 272 g/mol. The normalized spacial score (nSPS) is 10.9. The average Bonchev–Trinajstić information content (AvgIpc) is 2.17. The predicted molar refractivity (Wildman–Crippen MR) is 68.0 cm³/mol. The van der Waals surface area contributed by atoms with Crippen molar-refractivity contribution < 1.29 is 14.5 Å². The SMILES string of the molecule is CC(C)(C)OC(=O)Nc1ccc([N+](=O)[O-])cc1Cl. The predicted octanol–water partition coefficient (Wildman–Crippen LogP) is 3.60. The molecule has 1 aromatic rings. The van der Waals surface area contributed by atoms with Gasteiger partial charge in [0.15, 0.2) is 0 Å². The van der Waals surface area contributed by atoms with Crippen LogP contribution in [-0.4, -0.2) is 16.6 Å². The fourth-order valence-corrected chi connectivity index (χ4v) is 1.35. The minimum absolute atomic E-state index is 0.0788. The van der Waals surface area contributed by atoms with Crippen LogP contribution in [0, 0.1) is 10.1 Å². The lowest BCUT2D eigenvalue weighted by Gasteiger charge is -2.19.